The molecule has 0 N–H and O–H groups in total. The van der Waals surface area contributed by atoms with E-state index in [9.17, 15) is 4.39 Å². The van der Waals surface area contributed by atoms with Crippen LogP contribution >= 0.6 is 11.3 Å². The van der Waals surface area contributed by atoms with Gasteiger partial charge in [-0.15, -0.1) is 6.07 Å². The van der Waals surface area contributed by atoms with Gasteiger partial charge in [-0.25, -0.2) is 0 Å². The third-order valence-electron chi connectivity index (χ3n) is 10.0. The summed E-state index contributed by atoms with van der Waals surface area (Å²) in [6, 6.07) is 45.4. The van der Waals surface area contributed by atoms with Gasteiger partial charge in [0, 0.05) is 35.3 Å². The first-order chi connectivity index (χ1) is 27.0. The number of halogens is 1. The molecule has 0 saturated carbocycles. The molecule has 0 saturated heterocycles. The number of para-hydroxylation sites is 3. The van der Waals surface area contributed by atoms with Gasteiger partial charge in [0.1, 0.15) is 0 Å². The molecule has 4 nitrogen and oxygen atoms in total. The maximum atomic E-state index is 14.4. The van der Waals surface area contributed by atoms with Crippen LogP contribution in [0.25, 0.3) is 70.8 Å². The molecule has 0 aliphatic heterocycles. The Kier molecular flexibility index (Phi) is 12.0. The van der Waals surface area contributed by atoms with Crippen LogP contribution < -0.4 is 4.40 Å². The van der Waals surface area contributed by atoms with Gasteiger partial charge in [-0.2, -0.15) is 11.3 Å². The van der Waals surface area contributed by atoms with E-state index in [1.165, 1.54) is 37.1 Å². The van der Waals surface area contributed by atoms with Crippen molar-refractivity contribution in [2.75, 3.05) is 0 Å². The zero-order chi connectivity index (χ0) is 39.0. The standard InChI is InChI=1S/C25H16N3S.C24H27FGeN.Ir/c1-16-8-7-13-22-23(16)19-14-17(15-26-25(19)29-22)24-27-20-11-5-6-12-21(20)28(24)18-9-3-2-4-10-18;1-17(2)13-20-15-24(27-16-23(20)26(3,4)5)19-11-12-22(25)21(14-19)18-9-7-6-8-10-18;/h2-14H,1H3;6-10,12,14-17H,13H2,1-5H3;/q2*-1;. The number of rotatable bonds is 7. The number of aryl methyl sites for hydroxylation is 1. The predicted molar refractivity (Wildman–Crippen MR) is 236 cm³/mol. The van der Waals surface area contributed by atoms with Gasteiger partial charge in [-0.3, -0.25) is 4.98 Å². The first-order valence-electron chi connectivity index (χ1n) is 19.1. The molecule has 1 radical (unpaired) electrons. The Balaban J connectivity index is 0.000000172. The summed E-state index contributed by atoms with van der Waals surface area (Å²) in [4.78, 5) is 15.4. The first-order valence-corrected chi connectivity index (χ1v) is 27.2. The zero-order valence-corrected chi connectivity index (χ0v) is 38.2. The molecular weight excluding hydrogens is 960 g/mol. The van der Waals surface area contributed by atoms with E-state index in [-0.39, 0.29) is 25.9 Å². The SMILES string of the molecule is CC(C)Cc1cc(-c2[c-]cc(F)c(-c3ccccc3)c2)nc[c]1[Ge]([CH3])([CH3])[CH3].Cc1cccc2sc3n[c-]c(-c4nc5ccccc5n4-c4ccccc4)cc3c12.[Ir]. The van der Waals surface area contributed by atoms with Crippen LogP contribution in [0.4, 0.5) is 4.39 Å². The van der Waals surface area contributed by atoms with Gasteiger partial charge >= 0.3 is 165 Å². The summed E-state index contributed by atoms with van der Waals surface area (Å²) in [6.45, 7) is 6.65. The van der Waals surface area contributed by atoms with E-state index in [0.717, 1.165) is 56.2 Å². The second-order valence-corrected chi connectivity index (χ2v) is 27.3. The van der Waals surface area contributed by atoms with Crippen molar-refractivity contribution in [2.45, 2.75) is 44.5 Å². The van der Waals surface area contributed by atoms with Crippen molar-refractivity contribution in [3.05, 3.63) is 163 Å². The van der Waals surface area contributed by atoms with Crippen LogP contribution in [0.15, 0.2) is 134 Å². The third-order valence-corrected chi connectivity index (χ3v) is 15.4. The molecule has 0 spiro atoms. The van der Waals surface area contributed by atoms with E-state index in [0.29, 0.717) is 11.5 Å². The Bertz CT molecular complexity index is 2830. The second-order valence-electron chi connectivity index (χ2n) is 15.7. The molecule has 4 aromatic heterocycles. The Hall–Kier alpha value is -4.79. The quantitative estimate of drug-likeness (QED) is 0.118. The molecule has 0 unspecified atom stereocenters. The minimum atomic E-state index is -2.00. The van der Waals surface area contributed by atoms with Gasteiger partial charge in [0.25, 0.3) is 0 Å². The Morgan fingerprint density at radius 1 is 0.825 bits per heavy atom. The van der Waals surface area contributed by atoms with Gasteiger partial charge < -0.3 is 9.55 Å². The summed E-state index contributed by atoms with van der Waals surface area (Å²) in [5, 5.41) is 2.45. The van der Waals surface area contributed by atoms with Gasteiger partial charge in [0.15, 0.2) is 0 Å². The van der Waals surface area contributed by atoms with E-state index >= 15 is 0 Å². The average Bonchev–Trinajstić information content (AvgIpc) is 3.78. The van der Waals surface area contributed by atoms with Crippen molar-refractivity contribution in [1.82, 2.24) is 19.5 Å². The molecule has 9 rings (SSSR count). The molecule has 287 valence electrons. The van der Waals surface area contributed by atoms with Crippen molar-refractivity contribution < 1.29 is 24.5 Å². The molecule has 4 heterocycles. The fourth-order valence-electron chi connectivity index (χ4n) is 7.39. The molecule has 0 bridgehead atoms. The minimum absolute atomic E-state index is 0. The summed E-state index contributed by atoms with van der Waals surface area (Å²) >= 11 is -0.288. The second kappa shape index (κ2) is 17.0. The smallest absolute Gasteiger partial charge is 0.0774 e. The number of pyridine rings is 2. The van der Waals surface area contributed by atoms with E-state index < -0.39 is 13.3 Å². The number of fused-ring (bicyclic) bond motifs is 4. The number of hydrogen-bond acceptors (Lipinski definition) is 4. The number of imidazole rings is 1. The summed E-state index contributed by atoms with van der Waals surface area (Å²) in [7, 11) is 0. The molecule has 0 aliphatic carbocycles. The normalized spacial score (nSPS) is 11.5. The predicted octanol–water partition coefficient (Wildman–Crippen LogP) is 12.7. The summed E-state index contributed by atoms with van der Waals surface area (Å²) in [5.41, 5.74) is 9.86. The molecule has 5 aromatic carbocycles. The third kappa shape index (κ3) is 8.44. The first kappa shape index (κ1) is 40.4. The zero-order valence-electron chi connectivity index (χ0n) is 32.9. The molecule has 8 heteroatoms. The maximum Gasteiger partial charge on any atom is 0.0774 e. The molecule has 57 heavy (non-hydrogen) atoms. The van der Waals surface area contributed by atoms with Crippen molar-refractivity contribution in [1.29, 1.82) is 0 Å². The van der Waals surface area contributed by atoms with Crippen molar-refractivity contribution in [3.8, 4) is 39.5 Å². The largest absolute Gasteiger partial charge is 0.341 e. The monoisotopic (exact) mass is 1010 g/mol. The van der Waals surface area contributed by atoms with Crippen LogP contribution in [0.2, 0.25) is 17.3 Å². The Labute approximate surface area is 354 Å². The number of hydrogen-bond donors (Lipinski definition) is 0. The van der Waals surface area contributed by atoms with Gasteiger partial charge in [-0.05, 0) is 54.4 Å². The molecule has 9 aromatic rings. The molecule has 0 atom stereocenters. The number of benzene rings is 5. The summed E-state index contributed by atoms with van der Waals surface area (Å²) in [5.74, 6) is 8.39. The summed E-state index contributed by atoms with van der Waals surface area (Å²) in [6.07, 6.45) is 6.36. The Morgan fingerprint density at radius 3 is 2.28 bits per heavy atom. The Morgan fingerprint density at radius 2 is 1.54 bits per heavy atom. The van der Waals surface area contributed by atoms with Crippen molar-refractivity contribution >= 4 is 60.3 Å². The topological polar surface area (TPSA) is 43.6 Å². The van der Waals surface area contributed by atoms with Gasteiger partial charge in [0.2, 0.25) is 0 Å². The van der Waals surface area contributed by atoms with Crippen LogP contribution in [0.3, 0.4) is 0 Å². The van der Waals surface area contributed by atoms with Crippen molar-refractivity contribution in [3.63, 3.8) is 0 Å². The average molecular weight is 1000 g/mol. The van der Waals surface area contributed by atoms with Crippen LogP contribution in [0, 0.1) is 30.9 Å². The molecular formula is C49H43FGeIrN4S-2. The summed E-state index contributed by atoms with van der Waals surface area (Å²) < 4.78 is 19.3. The van der Waals surface area contributed by atoms with E-state index in [2.05, 4.69) is 127 Å². The fraction of sp³-hybridized carbons (Fsp3) is 0.163. The minimum Gasteiger partial charge on any atom is -0.341 e. The van der Waals surface area contributed by atoms with Crippen LogP contribution in [0.5, 0.6) is 0 Å². The molecule has 0 fully saturated rings. The van der Waals surface area contributed by atoms with Crippen LogP contribution in [0.1, 0.15) is 25.0 Å². The van der Waals surface area contributed by atoms with Crippen LogP contribution in [-0.4, -0.2) is 32.8 Å². The van der Waals surface area contributed by atoms with E-state index in [1.807, 2.05) is 60.7 Å². The number of thiophene rings is 1. The molecule has 0 amide bonds. The van der Waals surface area contributed by atoms with Crippen molar-refractivity contribution in [2.24, 2.45) is 5.92 Å². The van der Waals surface area contributed by atoms with E-state index in [1.54, 1.807) is 11.3 Å². The molecule has 0 aliphatic rings. The van der Waals surface area contributed by atoms with E-state index in [4.69, 9.17) is 9.97 Å². The van der Waals surface area contributed by atoms with Crippen LogP contribution in [-0.2, 0) is 26.5 Å². The fourth-order valence-corrected chi connectivity index (χ4v) is 11.8. The number of nitrogens with zero attached hydrogens (tertiary/aromatic N) is 4. The van der Waals surface area contributed by atoms with Gasteiger partial charge in [0.05, 0.1) is 16.9 Å². The van der Waals surface area contributed by atoms with Gasteiger partial charge in [-0.1, -0.05) is 53.4 Å². The maximum absolute atomic E-state index is 14.4. The number of aromatic nitrogens is 4.